The fraction of sp³-hybridized carbons (Fsp3) is 0.462. The molecule has 3 N–H and O–H groups in total. The molecule has 0 aromatic heterocycles. The summed E-state index contributed by atoms with van der Waals surface area (Å²) < 4.78 is 0. The maximum Gasteiger partial charge on any atom is 0.274 e. The van der Waals surface area contributed by atoms with Crippen LogP contribution in [0.3, 0.4) is 0 Å². The topological polar surface area (TPSA) is 84.4 Å². The van der Waals surface area contributed by atoms with Crippen molar-refractivity contribution in [2.75, 3.05) is 26.2 Å². The number of thiocarbonyl (C=S) groups is 1. The van der Waals surface area contributed by atoms with Gasteiger partial charge in [0.25, 0.3) is 5.69 Å². The van der Waals surface area contributed by atoms with Crippen molar-refractivity contribution in [3.8, 4) is 0 Å². The highest BCUT2D eigenvalue weighted by atomic mass is 32.1. The van der Waals surface area contributed by atoms with Crippen LogP contribution in [0, 0.1) is 10.1 Å². The zero-order valence-electron chi connectivity index (χ0n) is 11.1. The van der Waals surface area contributed by atoms with Crippen LogP contribution < -0.4 is 11.1 Å². The summed E-state index contributed by atoms with van der Waals surface area (Å²) in [6.07, 6.45) is 0.972. The molecule has 0 amide bonds. The van der Waals surface area contributed by atoms with Gasteiger partial charge in [-0.2, -0.15) is 0 Å². The summed E-state index contributed by atoms with van der Waals surface area (Å²) in [7, 11) is 0. The molecular weight excluding hydrogens is 276 g/mol. The Kier molecular flexibility index (Phi) is 4.99. The van der Waals surface area contributed by atoms with E-state index in [9.17, 15) is 10.1 Å². The minimum atomic E-state index is -0.383. The highest BCUT2D eigenvalue weighted by Crippen LogP contribution is 2.29. The molecule has 1 heterocycles. The Morgan fingerprint density at radius 3 is 2.85 bits per heavy atom. The summed E-state index contributed by atoms with van der Waals surface area (Å²) in [5.41, 5.74) is 6.51. The van der Waals surface area contributed by atoms with E-state index in [-0.39, 0.29) is 21.6 Å². The molecule has 2 rings (SSSR count). The largest absolute Gasteiger partial charge is 0.392 e. The maximum atomic E-state index is 11.2. The van der Waals surface area contributed by atoms with Crippen molar-refractivity contribution in [3.63, 3.8) is 0 Å². The number of para-hydroxylation sites is 1. The maximum absolute atomic E-state index is 11.2. The van der Waals surface area contributed by atoms with Crippen LogP contribution in [0.1, 0.15) is 18.0 Å². The van der Waals surface area contributed by atoms with Crippen LogP contribution in [0.15, 0.2) is 24.3 Å². The molecule has 0 aliphatic carbocycles. The van der Waals surface area contributed by atoms with Gasteiger partial charge in [0.15, 0.2) is 0 Å². The Hall–Kier alpha value is -1.57. The Balaban J connectivity index is 2.37. The third-order valence-electron chi connectivity index (χ3n) is 3.44. The summed E-state index contributed by atoms with van der Waals surface area (Å²) in [5, 5.41) is 14.5. The lowest BCUT2D eigenvalue weighted by Crippen LogP contribution is -2.39. The molecule has 1 aromatic carbocycles. The average molecular weight is 294 g/mol. The molecule has 0 spiro atoms. The summed E-state index contributed by atoms with van der Waals surface area (Å²) in [6, 6.07) is 6.29. The van der Waals surface area contributed by atoms with E-state index in [1.54, 1.807) is 18.2 Å². The van der Waals surface area contributed by atoms with Crippen molar-refractivity contribution < 1.29 is 4.92 Å². The lowest BCUT2D eigenvalue weighted by Gasteiger charge is -2.29. The molecule has 0 radical (unpaired) electrons. The van der Waals surface area contributed by atoms with E-state index in [0.717, 1.165) is 32.6 Å². The Labute approximate surface area is 123 Å². The number of benzene rings is 1. The highest BCUT2D eigenvalue weighted by molar-refractivity contribution is 7.80. The van der Waals surface area contributed by atoms with Gasteiger partial charge < -0.3 is 11.1 Å². The lowest BCUT2D eigenvalue weighted by molar-refractivity contribution is -0.385. The fourth-order valence-electron chi connectivity index (χ4n) is 2.54. The number of nitro benzene ring substituents is 1. The van der Waals surface area contributed by atoms with Crippen LogP contribution in [0.2, 0.25) is 0 Å². The standard InChI is InChI=1S/C13H18N4O2S/c14-13(20)12(16-8-3-6-15-7-9-16)10-4-1-2-5-11(10)17(18)19/h1-2,4-5,12,15H,3,6-9H2,(H2,14,20). The predicted molar refractivity (Wildman–Crippen MR) is 81.7 cm³/mol. The summed E-state index contributed by atoms with van der Waals surface area (Å²) >= 11 is 5.16. The molecule has 7 heteroatoms. The SMILES string of the molecule is NC(=S)C(c1ccccc1[N+](=O)[O-])N1CCCNCC1. The van der Waals surface area contributed by atoms with Crippen LogP contribution >= 0.6 is 12.2 Å². The quantitative estimate of drug-likeness (QED) is 0.493. The molecule has 1 unspecified atom stereocenters. The monoisotopic (exact) mass is 294 g/mol. The number of nitro groups is 1. The molecule has 20 heavy (non-hydrogen) atoms. The predicted octanol–water partition coefficient (Wildman–Crippen LogP) is 1.22. The van der Waals surface area contributed by atoms with E-state index in [2.05, 4.69) is 10.2 Å². The zero-order valence-corrected chi connectivity index (χ0v) is 11.9. The van der Waals surface area contributed by atoms with E-state index >= 15 is 0 Å². The second-order valence-electron chi connectivity index (χ2n) is 4.76. The van der Waals surface area contributed by atoms with Crippen LogP contribution in [0.4, 0.5) is 5.69 Å². The Morgan fingerprint density at radius 1 is 1.40 bits per heavy atom. The van der Waals surface area contributed by atoms with Crippen LogP contribution in [0.25, 0.3) is 0 Å². The van der Waals surface area contributed by atoms with Crippen molar-refractivity contribution in [2.45, 2.75) is 12.5 Å². The molecule has 1 aliphatic heterocycles. The molecule has 1 fully saturated rings. The second-order valence-corrected chi connectivity index (χ2v) is 5.23. The van der Waals surface area contributed by atoms with E-state index in [0.29, 0.717) is 5.56 Å². The molecule has 1 atom stereocenters. The molecule has 6 nitrogen and oxygen atoms in total. The highest BCUT2D eigenvalue weighted by Gasteiger charge is 2.29. The molecule has 1 aliphatic rings. The van der Waals surface area contributed by atoms with Gasteiger partial charge in [-0.05, 0) is 13.0 Å². The second kappa shape index (κ2) is 6.74. The number of nitrogens with one attached hydrogen (secondary N) is 1. The minimum Gasteiger partial charge on any atom is -0.392 e. The zero-order chi connectivity index (χ0) is 14.5. The van der Waals surface area contributed by atoms with Crippen molar-refractivity contribution in [1.29, 1.82) is 0 Å². The summed E-state index contributed by atoms with van der Waals surface area (Å²) in [5.74, 6) is 0. The normalized spacial score (nSPS) is 18.2. The first-order valence-electron chi connectivity index (χ1n) is 6.58. The van der Waals surface area contributed by atoms with Crippen LogP contribution in [-0.2, 0) is 0 Å². The van der Waals surface area contributed by atoms with Gasteiger partial charge in [0.05, 0.1) is 21.5 Å². The molecular formula is C13H18N4O2S. The third-order valence-corrected chi connectivity index (χ3v) is 3.66. The van der Waals surface area contributed by atoms with Gasteiger partial charge in [-0.25, -0.2) is 0 Å². The Bertz CT molecular complexity index is 501. The van der Waals surface area contributed by atoms with Gasteiger partial charge in [0.1, 0.15) is 0 Å². The molecule has 1 saturated heterocycles. The minimum absolute atomic E-state index is 0.0718. The average Bonchev–Trinajstić information content (AvgIpc) is 2.68. The van der Waals surface area contributed by atoms with Crippen molar-refractivity contribution in [1.82, 2.24) is 10.2 Å². The van der Waals surface area contributed by atoms with Gasteiger partial charge in [-0.3, -0.25) is 15.0 Å². The smallest absolute Gasteiger partial charge is 0.274 e. The fourth-order valence-corrected chi connectivity index (χ4v) is 2.82. The van der Waals surface area contributed by atoms with Gasteiger partial charge in [-0.1, -0.05) is 30.4 Å². The summed E-state index contributed by atoms with van der Waals surface area (Å²) in [4.78, 5) is 13.2. The van der Waals surface area contributed by atoms with Crippen LogP contribution in [-0.4, -0.2) is 41.0 Å². The van der Waals surface area contributed by atoms with Gasteiger partial charge in [0.2, 0.25) is 0 Å². The third kappa shape index (κ3) is 3.30. The van der Waals surface area contributed by atoms with E-state index in [1.807, 2.05) is 0 Å². The molecule has 1 aromatic rings. The van der Waals surface area contributed by atoms with Gasteiger partial charge in [0, 0.05) is 25.7 Å². The molecule has 108 valence electrons. The van der Waals surface area contributed by atoms with E-state index in [4.69, 9.17) is 18.0 Å². The van der Waals surface area contributed by atoms with Gasteiger partial charge >= 0.3 is 0 Å². The number of rotatable bonds is 4. The Morgan fingerprint density at radius 2 is 2.15 bits per heavy atom. The summed E-state index contributed by atoms with van der Waals surface area (Å²) in [6.45, 7) is 3.37. The number of nitrogens with two attached hydrogens (primary N) is 1. The van der Waals surface area contributed by atoms with Crippen molar-refractivity contribution >= 4 is 22.9 Å². The van der Waals surface area contributed by atoms with Crippen LogP contribution in [0.5, 0.6) is 0 Å². The van der Waals surface area contributed by atoms with Crippen molar-refractivity contribution in [3.05, 3.63) is 39.9 Å². The number of hydrogen-bond donors (Lipinski definition) is 2. The van der Waals surface area contributed by atoms with Gasteiger partial charge in [-0.15, -0.1) is 0 Å². The molecule has 0 bridgehead atoms. The van der Waals surface area contributed by atoms with Crippen molar-refractivity contribution in [2.24, 2.45) is 5.73 Å². The first kappa shape index (κ1) is 14.8. The molecule has 0 saturated carbocycles. The number of hydrogen-bond acceptors (Lipinski definition) is 5. The van der Waals surface area contributed by atoms with E-state index < -0.39 is 0 Å². The number of nitrogens with zero attached hydrogens (tertiary/aromatic N) is 2. The first-order chi connectivity index (χ1) is 9.61. The lowest BCUT2D eigenvalue weighted by atomic mass is 10.0. The van der Waals surface area contributed by atoms with E-state index in [1.165, 1.54) is 6.07 Å². The first-order valence-corrected chi connectivity index (χ1v) is 6.99.